The summed E-state index contributed by atoms with van der Waals surface area (Å²) in [6.45, 7) is -2.92. The number of esters is 1. The van der Waals surface area contributed by atoms with Gasteiger partial charge in [0, 0.05) is 6.07 Å². The van der Waals surface area contributed by atoms with Crippen molar-refractivity contribution in [1.29, 1.82) is 0 Å². The average molecular weight is 232 g/mol. The van der Waals surface area contributed by atoms with Gasteiger partial charge in [0.15, 0.2) is 0 Å². The number of methoxy groups -OCH3 is 2. The lowest BCUT2D eigenvalue weighted by atomic mass is 10.2. The Morgan fingerprint density at radius 3 is 2.50 bits per heavy atom. The summed E-state index contributed by atoms with van der Waals surface area (Å²) in [4.78, 5) is 11.2. The topological polar surface area (TPSA) is 44.8 Å². The Morgan fingerprint density at radius 2 is 2.00 bits per heavy atom. The molecule has 0 heterocycles. The summed E-state index contributed by atoms with van der Waals surface area (Å²) in [6.07, 6.45) is 0. The van der Waals surface area contributed by atoms with E-state index in [2.05, 4.69) is 9.47 Å². The van der Waals surface area contributed by atoms with E-state index in [9.17, 15) is 13.6 Å². The first-order valence-electron chi connectivity index (χ1n) is 4.29. The van der Waals surface area contributed by atoms with Crippen molar-refractivity contribution in [2.24, 2.45) is 0 Å². The molecule has 1 aromatic rings. The molecule has 0 aromatic heterocycles. The average Bonchev–Trinajstić information content (AvgIpc) is 2.27. The van der Waals surface area contributed by atoms with Crippen molar-refractivity contribution in [1.82, 2.24) is 0 Å². The highest BCUT2D eigenvalue weighted by Crippen LogP contribution is 2.26. The lowest BCUT2D eigenvalue weighted by Gasteiger charge is -2.09. The molecule has 0 spiro atoms. The van der Waals surface area contributed by atoms with Crippen molar-refractivity contribution in [2.75, 3.05) is 14.2 Å². The van der Waals surface area contributed by atoms with Crippen LogP contribution in [0.15, 0.2) is 18.2 Å². The van der Waals surface area contributed by atoms with Crippen LogP contribution in [0, 0.1) is 0 Å². The second kappa shape index (κ2) is 5.29. The normalized spacial score (nSPS) is 10.1. The Kier molecular flexibility index (Phi) is 4.04. The predicted octanol–water partition coefficient (Wildman–Crippen LogP) is 2.08. The number of carbonyl (C=O) groups is 1. The molecule has 0 bridgehead atoms. The van der Waals surface area contributed by atoms with E-state index in [0.717, 1.165) is 0 Å². The molecule has 0 saturated heterocycles. The van der Waals surface area contributed by atoms with E-state index >= 15 is 0 Å². The molecule has 0 aliphatic rings. The second-order valence-corrected chi connectivity index (χ2v) is 2.73. The Labute approximate surface area is 90.7 Å². The maximum absolute atomic E-state index is 11.9. The Morgan fingerprint density at radius 1 is 1.31 bits per heavy atom. The maximum atomic E-state index is 11.9. The third-order valence-corrected chi connectivity index (χ3v) is 1.80. The van der Waals surface area contributed by atoms with Gasteiger partial charge in [0.25, 0.3) is 0 Å². The minimum atomic E-state index is -2.92. The highest BCUT2D eigenvalue weighted by Gasteiger charge is 2.14. The summed E-state index contributed by atoms with van der Waals surface area (Å²) in [7, 11) is 2.53. The van der Waals surface area contributed by atoms with Crippen LogP contribution in [0.1, 0.15) is 10.4 Å². The zero-order valence-electron chi connectivity index (χ0n) is 8.70. The summed E-state index contributed by atoms with van der Waals surface area (Å²) in [5.74, 6) is -0.579. The molecule has 0 radical (unpaired) electrons. The fourth-order valence-electron chi connectivity index (χ4n) is 1.13. The van der Waals surface area contributed by atoms with E-state index in [4.69, 9.17) is 4.74 Å². The second-order valence-electron chi connectivity index (χ2n) is 2.73. The van der Waals surface area contributed by atoms with Gasteiger partial charge in [0.2, 0.25) is 0 Å². The fourth-order valence-corrected chi connectivity index (χ4v) is 1.13. The van der Waals surface area contributed by atoms with E-state index in [-0.39, 0.29) is 17.1 Å². The minimum Gasteiger partial charge on any atom is -0.496 e. The van der Waals surface area contributed by atoms with Crippen LogP contribution < -0.4 is 9.47 Å². The first kappa shape index (κ1) is 12.2. The van der Waals surface area contributed by atoms with E-state index < -0.39 is 12.6 Å². The van der Waals surface area contributed by atoms with Crippen LogP contribution in [0.3, 0.4) is 0 Å². The summed E-state index contributed by atoms with van der Waals surface area (Å²) in [6, 6.07) is 3.72. The molecular weight excluding hydrogens is 222 g/mol. The SMILES string of the molecule is COC(=O)c1ccc(OC(F)F)cc1OC. The zero-order valence-corrected chi connectivity index (χ0v) is 8.70. The van der Waals surface area contributed by atoms with Crippen LogP contribution in [0.5, 0.6) is 11.5 Å². The van der Waals surface area contributed by atoms with Crippen LogP contribution in [0.2, 0.25) is 0 Å². The molecule has 16 heavy (non-hydrogen) atoms. The van der Waals surface area contributed by atoms with E-state index in [1.165, 1.54) is 32.4 Å². The number of halogens is 2. The third-order valence-electron chi connectivity index (χ3n) is 1.80. The van der Waals surface area contributed by atoms with Gasteiger partial charge in [0.1, 0.15) is 17.1 Å². The van der Waals surface area contributed by atoms with Crippen molar-refractivity contribution < 1.29 is 27.8 Å². The van der Waals surface area contributed by atoms with Gasteiger partial charge in [0.05, 0.1) is 14.2 Å². The maximum Gasteiger partial charge on any atom is 0.387 e. The molecule has 0 aliphatic heterocycles. The van der Waals surface area contributed by atoms with Gasteiger partial charge in [-0.05, 0) is 12.1 Å². The molecule has 0 atom stereocenters. The number of rotatable bonds is 4. The quantitative estimate of drug-likeness (QED) is 0.745. The Bertz CT molecular complexity index is 379. The van der Waals surface area contributed by atoms with E-state index in [1.54, 1.807) is 0 Å². The van der Waals surface area contributed by atoms with Crippen LogP contribution in [0.4, 0.5) is 8.78 Å². The number of carbonyl (C=O) groups excluding carboxylic acids is 1. The molecule has 0 N–H and O–H groups in total. The lowest BCUT2D eigenvalue weighted by Crippen LogP contribution is -2.06. The smallest absolute Gasteiger partial charge is 0.387 e. The van der Waals surface area contributed by atoms with E-state index in [0.29, 0.717) is 0 Å². The number of benzene rings is 1. The largest absolute Gasteiger partial charge is 0.496 e. The van der Waals surface area contributed by atoms with Crippen LogP contribution >= 0.6 is 0 Å². The van der Waals surface area contributed by atoms with Gasteiger partial charge in [-0.2, -0.15) is 8.78 Å². The molecule has 0 saturated carbocycles. The van der Waals surface area contributed by atoms with Gasteiger partial charge in [-0.1, -0.05) is 0 Å². The number of hydrogen-bond acceptors (Lipinski definition) is 4. The standard InChI is InChI=1S/C10H10F2O4/c1-14-8-5-6(16-10(11)12)3-4-7(8)9(13)15-2/h3-5,10H,1-2H3. The van der Waals surface area contributed by atoms with Gasteiger partial charge < -0.3 is 14.2 Å². The molecule has 4 nitrogen and oxygen atoms in total. The molecule has 0 unspecified atom stereocenters. The molecule has 1 rings (SSSR count). The van der Waals surface area contributed by atoms with Gasteiger partial charge in [-0.3, -0.25) is 0 Å². The number of ether oxygens (including phenoxy) is 3. The van der Waals surface area contributed by atoms with Gasteiger partial charge >= 0.3 is 12.6 Å². The van der Waals surface area contributed by atoms with E-state index in [1.807, 2.05) is 0 Å². The predicted molar refractivity (Wildman–Crippen MR) is 51.0 cm³/mol. The van der Waals surface area contributed by atoms with Crippen molar-refractivity contribution in [2.45, 2.75) is 6.61 Å². The highest BCUT2D eigenvalue weighted by atomic mass is 19.3. The first-order chi connectivity index (χ1) is 7.58. The van der Waals surface area contributed by atoms with Crippen molar-refractivity contribution in [3.05, 3.63) is 23.8 Å². The van der Waals surface area contributed by atoms with Crippen LogP contribution in [-0.2, 0) is 4.74 Å². The first-order valence-corrected chi connectivity index (χ1v) is 4.29. The summed E-state index contributed by atoms with van der Waals surface area (Å²) < 4.78 is 37.4. The minimum absolute atomic E-state index is 0.0838. The Balaban J connectivity index is 3.01. The number of hydrogen-bond donors (Lipinski definition) is 0. The lowest BCUT2D eigenvalue weighted by molar-refractivity contribution is -0.0499. The van der Waals surface area contributed by atoms with Gasteiger partial charge in [-0.15, -0.1) is 0 Å². The molecule has 88 valence electrons. The van der Waals surface area contributed by atoms with Gasteiger partial charge in [-0.25, -0.2) is 4.79 Å². The molecular formula is C10H10F2O4. The molecule has 6 heteroatoms. The fraction of sp³-hybridized carbons (Fsp3) is 0.300. The Hall–Kier alpha value is -1.85. The third kappa shape index (κ3) is 2.82. The van der Waals surface area contributed by atoms with Crippen molar-refractivity contribution >= 4 is 5.97 Å². The van der Waals surface area contributed by atoms with Crippen molar-refractivity contribution in [3.63, 3.8) is 0 Å². The summed E-state index contributed by atoms with van der Waals surface area (Å²) in [5, 5.41) is 0. The molecule has 0 amide bonds. The highest BCUT2D eigenvalue weighted by molar-refractivity contribution is 5.92. The zero-order chi connectivity index (χ0) is 12.1. The summed E-state index contributed by atoms with van der Waals surface area (Å²) in [5.41, 5.74) is 0.145. The van der Waals surface area contributed by atoms with Crippen LogP contribution in [-0.4, -0.2) is 26.8 Å². The summed E-state index contributed by atoms with van der Waals surface area (Å²) >= 11 is 0. The monoisotopic (exact) mass is 232 g/mol. The van der Waals surface area contributed by atoms with Crippen molar-refractivity contribution in [3.8, 4) is 11.5 Å². The molecule has 0 fully saturated rings. The molecule has 1 aromatic carbocycles. The number of alkyl halides is 2. The van der Waals surface area contributed by atoms with Crippen LogP contribution in [0.25, 0.3) is 0 Å². The molecule has 0 aliphatic carbocycles.